The molecule has 0 aromatic rings. The molecule has 1 amide bonds. The predicted octanol–water partition coefficient (Wildman–Crippen LogP) is 1.29. The van der Waals surface area contributed by atoms with Gasteiger partial charge in [0, 0.05) is 39.2 Å². The van der Waals surface area contributed by atoms with Crippen molar-refractivity contribution in [1.29, 1.82) is 0 Å². The number of hydrogen-bond acceptors (Lipinski definition) is 4. The van der Waals surface area contributed by atoms with E-state index in [1.165, 1.54) is 12.8 Å². The maximum atomic E-state index is 11.2. The smallest absolute Gasteiger partial charge is 0.220 e. The number of guanidine groups is 1. The van der Waals surface area contributed by atoms with Crippen LogP contribution in [0.25, 0.3) is 0 Å². The van der Waals surface area contributed by atoms with E-state index in [1.807, 2.05) is 0 Å². The van der Waals surface area contributed by atoms with E-state index in [0.717, 1.165) is 90.0 Å². The van der Waals surface area contributed by atoms with Gasteiger partial charge >= 0.3 is 0 Å². The van der Waals surface area contributed by atoms with E-state index in [1.54, 1.807) is 0 Å². The van der Waals surface area contributed by atoms with Crippen LogP contribution in [0.3, 0.4) is 0 Å². The fourth-order valence-corrected chi connectivity index (χ4v) is 3.38. The zero-order chi connectivity index (χ0) is 19.5. The van der Waals surface area contributed by atoms with Gasteiger partial charge in [-0.05, 0) is 71.0 Å². The molecule has 1 saturated heterocycles. The number of aliphatic imine (C=N–C) groups is 1. The third-order valence-corrected chi connectivity index (χ3v) is 5.45. The molecule has 27 heavy (non-hydrogen) atoms. The Hall–Kier alpha value is -1.34. The lowest BCUT2D eigenvalue weighted by Crippen LogP contribution is -2.40. The molecule has 0 spiro atoms. The van der Waals surface area contributed by atoms with Gasteiger partial charge in [0.1, 0.15) is 0 Å². The van der Waals surface area contributed by atoms with Crippen LogP contribution in [0.4, 0.5) is 0 Å². The minimum absolute atomic E-state index is 0.0809. The molecule has 0 radical (unpaired) electrons. The molecular weight excluding hydrogens is 342 g/mol. The number of nitrogens with one attached hydrogen (secondary N) is 1. The highest BCUT2D eigenvalue weighted by molar-refractivity contribution is 5.79. The molecule has 0 aromatic carbocycles. The minimum Gasteiger partial charge on any atom is -0.379 e. The van der Waals surface area contributed by atoms with Crippen LogP contribution in [0.15, 0.2) is 4.99 Å². The van der Waals surface area contributed by atoms with Gasteiger partial charge < -0.3 is 25.6 Å². The summed E-state index contributed by atoms with van der Waals surface area (Å²) in [4.78, 5) is 20.6. The third-order valence-electron chi connectivity index (χ3n) is 5.45. The fourth-order valence-electron chi connectivity index (χ4n) is 3.38. The average molecular weight is 382 g/mol. The number of hydrogen-bond donors (Lipinski definition) is 2. The van der Waals surface area contributed by atoms with Crippen molar-refractivity contribution in [2.75, 3.05) is 59.5 Å². The van der Waals surface area contributed by atoms with Crippen LogP contribution in [0.1, 0.15) is 45.4 Å². The summed E-state index contributed by atoms with van der Waals surface area (Å²) in [5.74, 6) is 1.73. The Morgan fingerprint density at radius 3 is 2.63 bits per heavy atom. The zero-order valence-electron chi connectivity index (χ0n) is 17.3. The number of nitrogens with two attached hydrogens (primary N) is 1. The summed E-state index contributed by atoms with van der Waals surface area (Å²) in [5, 5.41) is 3.37. The van der Waals surface area contributed by atoms with Crippen molar-refractivity contribution in [3.8, 4) is 0 Å². The maximum Gasteiger partial charge on any atom is 0.220 e. The molecule has 3 N–H and O–H groups in total. The van der Waals surface area contributed by atoms with E-state index >= 15 is 0 Å². The van der Waals surface area contributed by atoms with Gasteiger partial charge in [-0.3, -0.25) is 9.79 Å². The number of piperidine rings is 1. The quantitative estimate of drug-likeness (QED) is 0.302. The highest BCUT2D eigenvalue weighted by Crippen LogP contribution is 2.28. The van der Waals surface area contributed by atoms with Gasteiger partial charge in [0.2, 0.25) is 5.91 Å². The lowest BCUT2D eigenvalue weighted by molar-refractivity contribution is -0.123. The zero-order valence-corrected chi connectivity index (χ0v) is 17.3. The Balaban J connectivity index is 1.57. The number of unbranched alkanes of at least 4 members (excludes halogenated alkanes) is 1. The summed E-state index contributed by atoms with van der Waals surface area (Å²) in [5.41, 5.74) is 5.39. The van der Waals surface area contributed by atoms with Crippen LogP contribution < -0.4 is 11.1 Å². The van der Waals surface area contributed by atoms with E-state index < -0.39 is 0 Å². The molecule has 2 aliphatic rings. The lowest BCUT2D eigenvalue weighted by atomic mass is 9.96. The summed E-state index contributed by atoms with van der Waals surface area (Å²) >= 11 is 0. The van der Waals surface area contributed by atoms with Crippen LogP contribution in [0.2, 0.25) is 0 Å². The number of likely N-dealkylation sites (tertiary alicyclic amines) is 1. The second-order valence-corrected chi connectivity index (χ2v) is 7.90. The molecule has 156 valence electrons. The molecule has 1 heterocycles. The second-order valence-electron chi connectivity index (χ2n) is 7.90. The van der Waals surface area contributed by atoms with E-state index in [4.69, 9.17) is 15.5 Å². The van der Waals surface area contributed by atoms with Gasteiger partial charge in [0.05, 0.1) is 6.61 Å². The van der Waals surface area contributed by atoms with Crippen LogP contribution in [0.5, 0.6) is 0 Å². The predicted molar refractivity (Wildman–Crippen MR) is 110 cm³/mol. The first-order valence-electron chi connectivity index (χ1n) is 10.7. The molecule has 1 saturated carbocycles. The molecule has 0 bridgehead atoms. The van der Waals surface area contributed by atoms with Gasteiger partial charge in [0.15, 0.2) is 5.96 Å². The Morgan fingerprint density at radius 1 is 1.26 bits per heavy atom. The van der Waals surface area contributed by atoms with Gasteiger partial charge in [0.25, 0.3) is 0 Å². The van der Waals surface area contributed by atoms with E-state index in [0.29, 0.717) is 0 Å². The summed E-state index contributed by atoms with van der Waals surface area (Å²) in [7, 11) is 2.07. The topological polar surface area (TPSA) is 83.2 Å². The summed E-state index contributed by atoms with van der Waals surface area (Å²) in [6.07, 6.45) is 6.71. The van der Waals surface area contributed by atoms with E-state index in [-0.39, 0.29) is 11.8 Å². The minimum atomic E-state index is -0.137. The summed E-state index contributed by atoms with van der Waals surface area (Å²) in [6.45, 7) is 9.43. The van der Waals surface area contributed by atoms with Crippen LogP contribution in [0, 0.1) is 11.8 Å². The number of amides is 1. The highest BCUT2D eigenvalue weighted by atomic mass is 16.5. The summed E-state index contributed by atoms with van der Waals surface area (Å²) < 4.78 is 5.73. The van der Waals surface area contributed by atoms with Crippen molar-refractivity contribution in [2.45, 2.75) is 45.4 Å². The molecule has 0 atom stereocenters. The number of nitrogens with zero attached hydrogens (tertiary/aromatic N) is 3. The number of rotatable bonds is 12. The fraction of sp³-hybridized carbons (Fsp3) is 0.900. The normalized spacial score (nSPS) is 19.3. The van der Waals surface area contributed by atoms with Crippen LogP contribution in [-0.2, 0) is 9.53 Å². The molecule has 2 fully saturated rings. The van der Waals surface area contributed by atoms with Crippen molar-refractivity contribution < 1.29 is 9.53 Å². The average Bonchev–Trinajstić information content (AvgIpc) is 3.48. The number of primary amides is 1. The van der Waals surface area contributed by atoms with Crippen molar-refractivity contribution in [2.24, 2.45) is 22.6 Å². The first kappa shape index (κ1) is 22.0. The maximum absolute atomic E-state index is 11.2. The Kier molecular flexibility index (Phi) is 9.91. The molecule has 1 aliphatic heterocycles. The Morgan fingerprint density at radius 2 is 2.00 bits per heavy atom. The van der Waals surface area contributed by atoms with Crippen molar-refractivity contribution >= 4 is 11.9 Å². The molecule has 7 nitrogen and oxygen atoms in total. The number of likely N-dealkylation sites (N-methyl/N-ethyl adjacent to an activating group) is 1. The number of ether oxygens (including phenoxy) is 1. The van der Waals surface area contributed by atoms with E-state index in [9.17, 15) is 4.79 Å². The third kappa shape index (κ3) is 8.93. The lowest BCUT2D eigenvalue weighted by Gasteiger charge is -2.30. The second kappa shape index (κ2) is 12.2. The van der Waals surface area contributed by atoms with Crippen molar-refractivity contribution in [3.63, 3.8) is 0 Å². The van der Waals surface area contributed by atoms with E-state index in [2.05, 4.69) is 29.1 Å². The van der Waals surface area contributed by atoms with Gasteiger partial charge in [-0.15, -0.1) is 0 Å². The summed E-state index contributed by atoms with van der Waals surface area (Å²) in [6, 6.07) is 0. The molecule has 2 rings (SSSR count). The standard InChI is InChI=1S/C20H39N5O2/c1-3-22-20(24(2)14-15-27-16-17-6-7-17)23-10-4-5-11-25-12-8-18(9-13-25)19(21)26/h17-18H,3-16H2,1-2H3,(H2,21,26)(H,22,23). The van der Waals surface area contributed by atoms with Gasteiger partial charge in [-0.25, -0.2) is 0 Å². The van der Waals surface area contributed by atoms with Gasteiger partial charge in [-0.2, -0.15) is 0 Å². The number of carbonyl (C=O) groups is 1. The van der Waals surface area contributed by atoms with Gasteiger partial charge in [-0.1, -0.05) is 0 Å². The Labute approximate surface area is 164 Å². The molecule has 0 aromatic heterocycles. The monoisotopic (exact) mass is 381 g/mol. The number of carbonyl (C=O) groups excluding carboxylic acids is 1. The van der Waals surface area contributed by atoms with Crippen molar-refractivity contribution in [1.82, 2.24) is 15.1 Å². The largest absolute Gasteiger partial charge is 0.379 e. The first-order valence-corrected chi connectivity index (χ1v) is 10.7. The highest BCUT2D eigenvalue weighted by Gasteiger charge is 2.22. The van der Waals surface area contributed by atoms with Crippen LogP contribution >= 0.6 is 0 Å². The molecule has 1 aliphatic carbocycles. The van der Waals surface area contributed by atoms with Crippen LogP contribution in [-0.4, -0.2) is 81.2 Å². The Bertz CT molecular complexity index is 459. The molecule has 0 unspecified atom stereocenters. The first-order chi connectivity index (χ1) is 13.1. The van der Waals surface area contributed by atoms with Crippen molar-refractivity contribution in [3.05, 3.63) is 0 Å². The molecular formula is C20H39N5O2. The SMILES string of the molecule is CCNC(=NCCCCN1CCC(C(N)=O)CC1)N(C)CCOCC1CC1. The molecule has 7 heteroatoms.